The second kappa shape index (κ2) is 5.35. The fourth-order valence-corrected chi connectivity index (χ4v) is 3.19. The van der Waals surface area contributed by atoms with Gasteiger partial charge in [0.2, 0.25) is 0 Å². The number of halogens is 3. The molecule has 2 aromatic rings. The van der Waals surface area contributed by atoms with Crippen LogP contribution in [0.5, 0.6) is 0 Å². The molecule has 0 saturated carbocycles. The lowest BCUT2D eigenvalue weighted by Crippen LogP contribution is -2.21. The van der Waals surface area contributed by atoms with Crippen LogP contribution in [0.4, 0.5) is 13.2 Å². The quantitative estimate of drug-likeness (QED) is 0.895. The van der Waals surface area contributed by atoms with E-state index < -0.39 is 23.5 Å². The first kappa shape index (κ1) is 14.1. The third-order valence-corrected chi connectivity index (χ3v) is 3.99. The minimum Gasteiger partial charge on any atom is -0.309 e. The van der Waals surface area contributed by atoms with Gasteiger partial charge >= 0.3 is 0 Å². The molecule has 1 N–H and O–H groups in total. The molecular weight excluding hydrogens is 271 g/mol. The predicted molar refractivity (Wildman–Crippen MR) is 71.0 cm³/mol. The van der Waals surface area contributed by atoms with Crippen molar-refractivity contribution in [3.05, 3.63) is 56.5 Å². The van der Waals surface area contributed by atoms with Gasteiger partial charge in [-0.25, -0.2) is 13.2 Å². The van der Waals surface area contributed by atoms with Gasteiger partial charge in [0.1, 0.15) is 17.5 Å². The van der Waals surface area contributed by atoms with E-state index in [1.807, 2.05) is 19.9 Å². The smallest absolute Gasteiger partial charge is 0.134 e. The number of hydrogen-bond acceptors (Lipinski definition) is 2. The van der Waals surface area contributed by atoms with E-state index in [0.717, 1.165) is 15.3 Å². The fraction of sp³-hybridized carbons (Fsp3) is 0.286. The summed E-state index contributed by atoms with van der Waals surface area (Å²) in [6.45, 7) is 3.84. The highest BCUT2D eigenvalue weighted by molar-refractivity contribution is 7.12. The van der Waals surface area contributed by atoms with Crippen LogP contribution in [0, 0.1) is 31.3 Å². The third kappa shape index (κ3) is 2.67. The molecule has 0 radical (unpaired) electrons. The number of rotatable bonds is 3. The van der Waals surface area contributed by atoms with Gasteiger partial charge in [0.05, 0.1) is 6.04 Å². The molecule has 2 rings (SSSR count). The average Bonchev–Trinajstić information content (AvgIpc) is 2.62. The van der Waals surface area contributed by atoms with Gasteiger partial charge in [0.15, 0.2) is 0 Å². The minimum atomic E-state index is -0.910. The van der Waals surface area contributed by atoms with Gasteiger partial charge in [-0.05, 0) is 32.5 Å². The Balaban J connectivity index is 2.57. The Hall–Kier alpha value is -1.33. The first-order valence-electron chi connectivity index (χ1n) is 5.82. The van der Waals surface area contributed by atoms with Crippen LogP contribution in [-0.4, -0.2) is 7.05 Å². The van der Waals surface area contributed by atoms with Gasteiger partial charge < -0.3 is 5.32 Å². The maximum absolute atomic E-state index is 13.9. The molecule has 0 aliphatic heterocycles. The summed E-state index contributed by atoms with van der Waals surface area (Å²) in [6.07, 6.45) is 0. The van der Waals surface area contributed by atoms with E-state index in [-0.39, 0.29) is 5.56 Å². The zero-order valence-corrected chi connectivity index (χ0v) is 11.7. The Morgan fingerprint density at radius 3 is 2.05 bits per heavy atom. The summed E-state index contributed by atoms with van der Waals surface area (Å²) in [5.74, 6) is -2.66. The van der Waals surface area contributed by atoms with Gasteiger partial charge in [-0.2, -0.15) is 0 Å². The lowest BCUT2D eigenvalue weighted by molar-refractivity contribution is 0.500. The first-order chi connectivity index (χ1) is 8.93. The van der Waals surface area contributed by atoms with Crippen LogP contribution in [0.25, 0.3) is 0 Å². The van der Waals surface area contributed by atoms with E-state index in [1.165, 1.54) is 0 Å². The van der Waals surface area contributed by atoms with E-state index in [1.54, 1.807) is 18.4 Å². The molecular formula is C14H14F3NS. The number of hydrogen-bond donors (Lipinski definition) is 1. The van der Waals surface area contributed by atoms with E-state index >= 15 is 0 Å². The van der Waals surface area contributed by atoms with Crippen LogP contribution < -0.4 is 5.32 Å². The van der Waals surface area contributed by atoms with Gasteiger partial charge in [0.25, 0.3) is 0 Å². The van der Waals surface area contributed by atoms with Crippen molar-refractivity contribution in [3.8, 4) is 0 Å². The van der Waals surface area contributed by atoms with Crippen molar-refractivity contribution >= 4 is 11.3 Å². The molecule has 19 heavy (non-hydrogen) atoms. The number of thiophene rings is 1. The Bertz CT molecular complexity index is 584. The number of benzene rings is 1. The van der Waals surface area contributed by atoms with Crippen LogP contribution >= 0.6 is 11.3 Å². The largest absolute Gasteiger partial charge is 0.309 e. The van der Waals surface area contributed by atoms with Crippen molar-refractivity contribution < 1.29 is 13.2 Å². The molecule has 102 valence electrons. The molecule has 0 saturated heterocycles. The third-order valence-electron chi connectivity index (χ3n) is 3.01. The molecule has 1 aromatic carbocycles. The van der Waals surface area contributed by atoms with Gasteiger partial charge in [-0.3, -0.25) is 0 Å². The minimum absolute atomic E-state index is 0.148. The molecule has 1 atom stereocenters. The van der Waals surface area contributed by atoms with E-state index in [0.29, 0.717) is 12.1 Å². The summed E-state index contributed by atoms with van der Waals surface area (Å²) >= 11 is 1.56. The van der Waals surface area contributed by atoms with Crippen molar-refractivity contribution in [2.45, 2.75) is 19.9 Å². The van der Waals surface area contributed by atoms with E-state index in [4.69, 9.17) is 0 Å². The number of aryl methyl sites for hydroxylation is 2. The summed E-state index contributed by atoms with van der Waals surface area (Å²) in [7, 11) is 1.62. The van der Waals surface area contributed by atoms with Crippen LogP contribution in [-0.2, 0) is 0 Å². The maximum atomic E-state index is 13.9. The van der Waals surface area contributed by atoms with Crippen molar-refractivity contribution in [3.63, 3.8) is 0 Å². The van der Waals surface area contributed by atoms with E-state index in [2.05, 4.69) is 5.32 Å². The van der Waals surface area contributed by atoms with Gasteiger partial charge in [-0.15, -0.1) is 11.3 Å². The number of nitrogens with one attached hydrogen (secondary N) is 1. The fourth-order valence-electron chi connectivity index (χ4n) is 2.22. The van der Waals surface area contributed by atoms with Crippen LogP contribution in [0.3, 0.4) is 0 Å². The standard InChI is InChI=1S/C14H14F3NS/c1-7-4-10(8(2)19-7)14(18-3)13-11(16)5-9(15)6-12(13)17/h4-6,14,18H,1-3H3. The van der Waals surface area contributed by atoms with Crippen molar-refractivity contribution in [1.29, 1.82) is 0 Å². The van der Waals surface area contributed by atoms with Gasteiger partial charge in [0, 0.05) is 27.5 Å². The Morgan fingerprint density at radius 2 is 1.63 bits per heavy atom. The second-order valence-electron chi connectivity index (χ2n) is 4.37. The molecule has 0 aliphatic rings. The first-order valence-corrected chi connectivity index (χ1v) is 6.64. The predicted octanol–water partition coefficient (Wildman–Crippen LogP) is 4.09. The molecule has 0 fully saturated rings. The average molecular weight is 285 g/mol. The summed E-state index contributed by atoms with van der Waals surface area (Å²) in [4.78, 5) is 2.05. The zero-order valence-electron chi connectivity index (χ0n) is 10.9. The topological polar surface area (TPSA) is 12.0 Å². The Morgan fingerprint density at radius 1 is 1.05 bits per heavy atom. The molecule has 1 aromatic heterocycles. The Labute approximate surface area is 114 Å². The summed E-state index contributed by atoms with van der Waals surface area (Å²) in [5.41, 5.74) is 0.666. The molecule has 1 heterocycles. The highest BCUT2D eigenvalue weighted by atomic mass is 32.1. The second-order valence-corrected chi connectivity index (χ2v) is 5.83. The lowest BCUT2D eigenvalue weighted by atomic mass is 9.98. The monoisotopic (exact) mass is 285 g/mol. The van der Waals surface area contributed by atoms with Crippen LogP contribution in [0.1, 0.15) is 26.9 Å². The lowest BCUT2D eigenvalue weighted by Gasteiger charge is -2.18. The van der Waals surface area contributed by atoms with Crippen molar-refractivity contribution in [2.75, 3.05) is 7.05 Å². The molecule has 1 nitrogen and oxygen atoms in total. The van der Waals surface area contributed by atoms with Crippen molar-refractivity contribution in [2.24, 2.45) is 0 Å². The highest BCUT2D eigenvalue weighted by Gasteiger charge is 2.24. The van der Waals surface area contributed by atoms with Gasteiger partial charge in [-0.1, -0.05) is 0 Å². The molecule has 1 unspecified atom stereocenters. The molecule has 0 amide bonds. The maximum Gasteiger partial charge on any atom is 0.134 e. The Kier molecular flexibility index (Phi) is 3.96. The molecule has 0 bridgehead atoms. The normalized spacial score (nSPS) is 12.7. The summed E-state index contributed by atoms with van der Waals surface area (Å²) in [5, 5.41) is 2.89. The van der Waals surface area contributed by atoms with Crippen LogP contribution in [0.15, 0.2) is 18.2 Å². The SMILES string of the molecule is CNC(c1cc(C)sc1C)c1c(F)cc(F)cc1F. The molecule has 5 heteroatoms. The van der Waals surface area contributed by atoms with Crippen molar-refractivity contribution in [1.82, 2.24) is 5.32 Å². The van der Waals surface area contributed by atoms with E-state index in [9.17, 15) is 13.2 Å². The summed E-state index contributed by atoms with van der Waals surface area (Å²) in [6, 6.07) is 2.68. The highest BCUT2D eigenvalue weighted by Crippen LogP contribution is 2.33. The molecule has 0 aliphatic carbocycles. The zero-order chi connectivity index (χ0) is 14.2. The summed E-state index contributed by atoms with van der Waals surface area (Å²) < 4.78 is 40.7. The van der Waals surface area contributed by atoms with Crippen LogP contribution in [0.2, 0.25) is 0 Å². The molecule has 0 spiro atoms.